The van der Waals surface area contributed by atoms with Crippen LogP contribution in [-0.2, 0) is 10.0 Å². The van der Waals surface area contributed by atoms with Crippen molar-refractivity contribution in [2.75, 3.05) is 13.1 Å². The number of halogens is 1. The van der Waals surface area contributed by atoms with E-state index in [2.05, 4.69) is 10.1 Å². The van der Waals surface area contributed by atoms with E-state index in [1.54, 1.807) is 42.5 Å². The molecule has 0 atom stereocenters. The molecule has 0 spiro atoms. The standard InChI is InChI=1S/C19H18ClN3O3S/c20-16-8-6-14(7-9-16)18-21-19(26-22-18)15-10-12-23(13-11-15)27(24,25)17-4-2-1-3-5-17/h1-9,15H,10-13H2. The van der Waals surface area contributed by atoms with Gasteiger partial charge in [0.15, 0.2) is 0 Å². The van der Waals surface area contributed by atoms with E-state index in [9.17, 15) is 8.42 Å². The second-order valence-electron chi connectivity index (χ2n) is 6.45. The van der Waals surface area contributed by atoms with Gasteiger partial charge in [-0.3, -0.25) is 0 Å². The molecule has 1 aromatic heterocycles. The van der Waals surface area contributed by atoms with Crippen molar-refractivity contribution in [3.05, 3.63) is 65.5 Å². The fourth-order valence-electron chi connectivity index (χ4n) is 3.20. The third-order valence-corrected chi connectivity index (χ3v) is 6.89. The predicted octanol–water partition coefficient (Wildman–Crippen LogP) is 3.96. The minimum atomic E-state index is -3.46. The number of sulfonamides is 1. The number of piperidine rings is 1. The zero-order chi connectivity index (χ0) is 18.9. The summed E-state index contributed by atoms with van der Waals surface area (Å²) in [4.78, 5) is 4.82. The van der Waals surface area contributed by atoms with Gasteiger partial charge in [-0.15, -0.1) is 0 Å². The first-order valence-electron chi connectivity index (χ1n) is 8.69. The van der Waals surface area contributed by atoms with Crippen molar-refractivity contribution in [2.24, 2.45) is 0 Å². The van der Waals surface area contributed by atoms with Crippen LogP contribution in [0.1, 0.15) is 24.7 Å². The molecular formula is C19H18ClN3O3S. The Morgan fingerprint density at radius 2 is 1.67 bits per heavy atom. The molecule has 0 saturated carbocycles. The maximum Gasteiger partial charge on any atom is 0.243 e. The number of rotatable bonds is 4. The summed E-state index contributed by atoms with van der Waals surface area (Å²) in [6, 6.07) is 15.7. The molecule has 0 aliphatic carbocycles. The van der Waals surface area contributed by atoms with Crippen LogP contribution in [0.3, 0.4) is 0 Å². The van der Waals surface area contributed by atoms with E-state index < -0.39 is 10.0 Å². The number of hydrogen-bond donors (Lipinski definition) is 0. The van der Waals surface area contributed by atoms with Crippen LogP contribution in [0.2, 0.25) is 5.02 Å². The van der Waals surface area contributed by atoms with E-state index in [4.69, 9.17) is 16.1 Å². The molecule has 1 aliphatic heterocycles. The van der Waals surface area contributed by atoms with Crippen molar-refractivity contribution in [1.29, 1.82) is 0 Å². The monoisotopic (exact) mass is 403 g/mol. The summed E-state index contributed by atoms with van der Waals surface area (Å²) in [6.45, 7) is 0.862. The van der Waals surface area contributed by atoms with Crippen molar-refractivity contribution in [3.63, 3.8) is 0 Å². The van der Waals surface area contributed by atoms with Crippen molar-refractivity contribution < 1.29 is 12.9 Å². The molecule has 8 heteroatoms. The van der Waals surface area contributed by atoms with Crippen LogP contribution in [0.15, 0.2) is 64.0 Å². The maximum atomic E-state index is 12.7. The van der Waals surface area contributed by atoms with Crippen LogP contribution in [0, 0.1) is 0 Å². The molecule has 6 nitrogen and oxygen atoms in total. The van der Waals surface area contributed by atoms with Gasteiger partial charge >= 0.3 is 0 Å². The lowest BCUT2D eigenvalue weighted by atomic mass is 9.98. The Bertz CT molecular complexity index is 1010. The fraction of sp³-hybridized carbons (Fsp3) is 0.263. The van der Waals surface area contributed by atoms with Gasteiger partial charge in [0.05, 0.1) is 4.90 Å². The van der Waals surface area contributed by atoms with Gasteiger partial charge in [-0.05, 0) is 49.2 Å². The highest BCUT2D eigenvalue weighted by molar-refractivity contribution is 7.89. The van der Waals surface area contributed by atoms with E-state index >= 15 is 0 Å². The SMILES string of the molecule is O=S(=O)(c1ccccc1)N1CCC(c2nc(-c3ccc(Cl)cc3)no2)CC1. The molecule has 0 unspecified atom stereocenters. The summed E-state index contributed by atoms with van der Waals surface area (Å²) < 4.78 is 32.4. The highest BCUT2D eigenvalue weighted by Gasteiger charge is 2.32. The smallest absolute Gasteiger partial charge is 0.243 e. The van der Waals surface area contributed by atoms with Crippen molar-refractivity contribution in [3.8, 4) is 11.4 Å². The van der Waals surface area contributed by atoms with Crippen molar-refractivity contribution in [2.45, 2.75) is 23.7 Å². The third kappa shape index (κ3) is 3.76. The summed E-state index contributed by atoms with van der Waals surface area (Å²) >= 11 is 5.90. The summed E-state index contributed by atoms with van der Waals surface area (Å²) in [5.41, 5.74) is 0.832. The molecule has 27 heavy (non-hydrogen) atoms. The third-order valence-electron chi connectivity index (χ3n) is 4.73. The number of aromatic nitrogens is 2. The van der Waals surface area contributed by atoms with E-state index in [1.165, 1.54) is 4.31 Å². The van der Waals surface area contributed by atoms with Gasteiger partial charge in [-0.2, -0.15) is 9.29 Å². The fourth-order valence-corrected chi connectivity index (χ4v) is 4.82. The normalized spacial score (nSPS) is 16.5. The summed E-state index contributed by atoms with van der Waals surface area (Å²) in [7, 11) is -3.46. The molecule has 3 aromatic rings. The Hall–Kier alpha value is -2.22. The van der Waals surface area contributed by atoms with Gasteiger partial charge < -0.3 is 4.52 Å². The first kappa shape index (κ1) is 18.2. The lowest BCUT2D eigenvalue weighted by Gasteiger charge is -2.29. The Morgan fingerprint density at radius 1 is 1.00 bits per heavy atom. The van der Waals surface area contributed by atoms with Gasteiger partial charge in [0, 0.05) is 29.6 Å². The van der Waals surface area contributed by atoms with Crippen LogP contribution < -0.4 is 0 Å². The quantitative estimate of drug-likeness (QED) is 0.659. The largest absolute Gasteiger partial charge is 0.339 e. The Morgan fingerprint density at radius 3 is 2.33 bits per heavy atom. The Labute approximate surface area is 162 Å². The Balaban J connectivity index is 1.45. The summed E-state index contributed by atoms with van der Waals surface area (Å²) in [5.74, 6) is 1.12. The molecule has 0 radical (unpaired) electrons. The first-order chi connectivity index (χ1) is 13.0. The van der Waals surface area contributed by atoms with Crippen LogP contribution in [0.5, 0.6) is 0 Å². The lowest BCUT2D eigenvalue weighted by Crippen LogP contribution is -2.37. The van der Waals surface area contributed by atoms with Crippen LogP contribution in [0.4, 0.5) is 0 Å². The van der Waals surface area contributed by atoms with Gasteiger partial charge in [0.25, 0.3) is 0 Å². The molecular weight excluding hydrogens is 386 g/mol. The number of nitrogens with zero attached hydrogens (tertiary/aromatic N) is 3. The molecule has 1 fully saturated rings. The molecule has 1 aliphatic rings. The minimum Gasteiger partial charge on any atom is -0.339 e. The highest BCUT2D eigenvalue weighted by atomic mass is 35.5. The summed E-state index contributed by atoms with van der Waals surface area (Å²) in [6.07, 6.45) is 1.29. The van der Waals surface area contributed by atoms with Crippen LogP contribution in [0.25, 0.3) is 11.4 Å². The topological polar surface area (TPSA) is 76.3 Å². The van der Waals surface area contributed by atoms with E-state index in [1.807, 2.05) is 12.1 Å². The highest BCUT2D eigenvalue weighted by Crippen LogP contribution is 2.31. The molecule has 140 valence electrons. The summed E-state index contributed by atoms with van der Waals surface area (Å²) in [5, 5.41) is 4.69. The van der Waals surface area contributed by atoms with Gasteiger partial charge in [-0.25, -0.2) is 8.42 Å². The zero-order valence-electron chi connectivity index (χ0n) is 14.5. The van der Waals surface area contributed by atoms with E-state index in [0.717, 1.165) is 5.56 Å². The van der Waals surface area contributed by atoms with Crippen LogP contribution in [-0.4, -0.2) is 36.0 Å². The van der Waals surface area contributed by atoms with Crippen LogP contribution >= 0.6 is 11.6 Å². The van der Waals surface area contributed by atoms with Gasteiger partial charge in [-0.1, -0.05) is 35.0 Å². The molecule has 0 amide bonds. The first-order valence-corrected chi connectivity index (χ1v) is 10.5. The van der Waals surface area contributed by atoms with E-state index in [0.29, 0.717) is 47.6 Å². The predicted molar refractivity (Wildman–Crippen MR) is 102 cm³/mol. The number of hydrogen-bond acceptors (Lipinski definition) is 5. The second-order valence-corrected chi connectivity index (χ2v) is 8.83. The molecule has 2 aromatic carbocycles. The molecule has 0 N–H and O–H groups in total. The van der Waals surface area contributed by atoms with Gasteiger partial charge in [0.1, 0.15) is 0 Å². The van der Waals surface area contributed by atoms with Crippen molar-refractivity contribution in [1.82, 2.24) is 14.4 Å². The minimum absolute atomic E-state index is 0.0563. The zero-order valence-corrected chi connectivity index (χ0v) is 16.0. The molecule has 4 rings (SSSR count). The average Bonchev–Trinajstić information content (AvgIpc) is 3.19. The molecule has 2 heterocycles. The lowest BCUT2D eigenvalue weighted by molar-refractivity contribution is 0.271. The maximum absolute atomic E-state index is 12.7. The molecule has 1 saturated heterocycles. The average molecular weight is 404 g/mol. The molecule has 0 bridgehead atoms. The Kier molecular flexibility index (Phi) is 4.99. The van der Waals surface area contributed by atoms with Crippen molar-refractivity contribution >= 4 is 21.6 Å². The second kappa shape index (κ2) is 7.42. The van der Waals surface area contributed by atoms with E-state index in [-0.39, 0.29) is 5.92 Å². The number of benzene rings is 2. The van der Waals surface area contributed by atoms with Gasteiger partial charge in [0.2, 0.25) is 21.7 Å².